The van der Waals surface area contributed by atoms with Crippen LogP contribution in [0.5, 0.6) is 0 Å². The summed E-state index contributed by atoms with van der Waals surface area (Å²) in [6.45, 7) is 6.52. The van der Waals surface area contributed by atoms with E-state index in [4.69, 9.17) is 11.0 Å². The van der Waals surface area contributed by atoms with Crippen molar-refractivity contribution in [3.63, 3.8) is 0 Å². The van der Waals surface area contributed by atoms with Gasteiger partial charge in [0.25, 0.3) is 0 Å². The number of nitrogens with two attached hydrogens (primary N) is 1. The highest BCUT2D eigenvalue weighted by molar-refractivity contribution is 5.51. The Bertz CT molecular complexity index is 303. The average Bonchev–Trinajstić information content (AvgIpc) is 2.27. The molecule has 0 radical (unpaired) electrons. The van der Waals surface area contributed by atoms with Gasteiger partial charge >= 0.3 is 0 Å². The zero-order chi connectivity index (χ0) is 11.8. The van der Waals surface area contributed by atoms with Gasteiger partial charge in [-0.25, -0.2) is 0 Å². The fourth-order valence-corrected chi connectivity index (χ4v) is 1.03. The number of likely N-dealkylation sites (N-methyl/N-ethyl adjacent to an activating group) is 1. The van der Waals surface area contributed by atoms with Gasteiger partial charge in [-0.05, 0) is 6.92 Å². The maximum atomic E-state index is 10.3. The molecule has 0 saturated heterocycles. The molecule has 82 valence electrons. The molecule has 0 aliphatic heterocycles. The van der Waals surface area contributed by atoms with Crippen LogP contribution in [-0.4, -0.2) is 30.9 Å². The van der Waals surface area contributed by atoms with Crippen molar-refractivity contribution in [1.82, 2.24) is 10.2 Å². The van der Waals surface area contributed by atoms with Crippen molar-refractivity contribution in [2.75, 3.05) is 13.6 Å². The Morgan fingerprint density at radius 3 is 2.73 bits per heavy atom. The van der Waals surface area contributed by atoms with E-state index in [-0.39, 0.29) is 0 Å². The molecule has 1 atom stereocenters. The SMILES string of the molecule is C=C(/C(=C\N)C(C#N)NC=O)N(C)CC. The first-order chi connectivity index (χ1) is 7.12. The molecule has 0 saturated carbocycles. The number of hydrogen-bond donors (Lipinski definition) is 2. The van der Waals surface area contributed by atoms with Gasteiger partial charge in [-0.1, -0.05) is 6.58 Å². The molecule has 1 unspecified atom stereocenters. The van der Waals surface area contributed by atoms with Crippen LogP contribution >= 0.6 is 0 Å². The van der Waals surface area contributed by atoms with Crippen molar-refractivity contribution in [3.8, 4) is 6.07 Å². The summed E-state index contributed by atoms with van der Waals surface area (Å²) in [5.41, 5.74) is 6.55. The molecule has 5 heteroatoms. The monoisotopic (exact) mass is 208 g/mol. The quantitative estimate of drug-likeness (QED) is 0.473. The van der Waals surface area contributed by atoms with Gasteiger partial charge in [0.2, 0.25) is 6.41 Å². The van der Waals surface area contributed by atoms with Crippen molar-refractivity contribution in [1.29, 1.82) is 5.26 Å². The van der Waals surface area contributed by atoms with Crippen LogP contribution < -0.4 is 11.1 Å². The smallest absolute Gasteiger partial charge is 0.208 e. The maximum Gasteiger partial charge on any atom is 0.208 e. The topological polar surface area (TPSA) is 82.1 Å². The third kappa shape index (κ3) is 3.35. The number of carbonyl (C=O) groups excluding carboxylic acids is 1. The van der Waals surface area contributed by atoms with Crippen LogP contribution in [0.25, 0.3) is 0 Å². The Morgan fingerprint density at radius 2 is 2.40 bits per heavy atom. The number of nitriles is 1. The molecule has 15 heavy (non-hydrogen) atoms. The Kier molecular flexibility index (Phi) is 5.64. The molecule has 0 spiro atoms. The number of rotatable bonds is 6. The van der Waals surface area contributed by atoms with Crippen LogP contribution in [0.2, 0.25) is 0 Å². The van der Waals surface area contributed by atoms with Crippen LogP contribution in [0.15, 0.2) is 24.0 Å². The molecule has 0 aromatic carbocycles. The van der Waals surface area contributed by atoms with Crippen molar-refractivity contribution in [2.24, 2.45) is 5.73 Å². The van der Waals surface area contributed by atoms with Gasteiger partial charge in [-0.15, -0.1) is 0 Å². The molecule has 0 aliphatic carbocycles. The molecule has 0 aliphatic rings. The predicted octanol–water partition coefficient (Wildman–Crippen LogP) is -0.0674. The summed E-state index contributed by atoms with van der Waals surface area (Å²) < 4.78 is 0. The normalized spacial score (nSPS) is 12.5. The molecule has 3 N–H and O–H groups in total. The Balaban J connectivity index is 4.84. The molecule has 0 aromatic heterocycles. The highest BCUT2D eigenvalue weighted by Gasteiger charge is 2.16. The molecule has 0 aromatic rings. The summed E-state index contributed by atoms with van der Waals surface area (Å²) in [4.78, 5) is 12.1. The maximum absolute atomic E-state index is 10.3. The van der Waals surface area contributed by atoms with Crippen LogP contribution in [-0.2, 0) is 4.79 Å². The number of nitrogens with zero attached hydrogens (tertiary/aromatic N) is 2. The van der Waals surface area contributed by atoms with Crippen molar-refractivity contribution < 1.29 is 4.79 Å². The van der Waals surface area contributed by atoms with Gasteiger partial charge in [0.1, 0.15) is 6.04 Å². The van der Waals surface area contributed by atoms with Gasteiger partial charge < -0.3 is 16.0 Å². The largest absolute Gasteiger partial charge is 0.404 e. The Morgan fingerprint density at radius 1 is 1.80 bits per heavy atom. The Hall–Kier alpha value is -1.96. The van der Waals surface area contributed by atoms with Crippen molar-refractivity contribution in [2.45, 2.75) is 13.0 Å². The summed E-state index contributed by atoms with van der Waals surface area (Å²) in [6, 6.07) is 1.18. The molecule has 0 fully saturated rings. The molecule has 0 bridgehead atoms. The van der Waals surface area contributed by atoms with Crippen LogP contribution in [0.1, 0.15) is 6.92 Å². The van der Waals surface area contributed by atoms with Crippen LogP contribution in [0.3, 0.4) is 0 Å². The van der Waals surface area contributed by atoms with E-state index in [1.54, 1.807) is 0 Å². The van der Waals surface area contributed by atoms with Crippen molar-refractivity contribution in [3.05, 3.63) is 24.0 Å². The van der Waals surface area contributed by atoms with E-state index in [0.717, 1.165) is 6.54 Å². The summed E-state index contributed by atoms with van der Waals surface area (Å²) in [6.07, 6.45) is 1.76. The lowest BCUT2D eigenvalue weighted by Gasteiger charge is -2.23. The first-order valence-electron chi connectivity index (χ1n) is 4.53. The summed E-state index contributed by atoms with van der Waals surface area (Å²) in [5.74, 6) is 0. The zero-order valence-electron chi connectivity index (χ0n) is 9.03. The minimum Gasteiger partial charge on any atom is -0.404 e. The Labute approximate surface area is 89.8 Å². The summed E-state index contributed by atoms with van der Waals surface area (Å²) in [5, 5.41) is 11.2. The van der Waals surface area contributed by atoms with E-state index in [2.05, 4.69) is 11.9 Å². The highest BCUT2D eigenvalue weighted by atomic mass is 16.1. The van der Waals surface area contributed by atoms with Gasteiger partial charge in [-0.2, -0.15) is 5.26 Å². The van der Waals surface area contributed by atoms with Gasteiger partial charge in [-0.3, -0.25) is 4.79 Å². The second-order valence-electron chi connectivity index (χ2n) is 2.93. The first kappa shape index (κ1) is 13.0. The van der Waals surface area contributed by atoms with Crippen LogP contribution in [0.4, 0.5) is 0 Å². The fraction of sp³-hybridized carbons (Fsp3) is 0.400. The molecule has 5 nitrogen and oxygen atoms in total. The summed E-state index contributed by atoms with van der Waals surface area (Å²) >= 11 is 0. The second-order valence-corrected chi connectivity index (χ2v) is 2.93. The second kappa shape index (κ2) is 6.49. The van der Waals surface area contributed by atoms with E-state index in [0.29, 0.717) is 17.7 Å². The fourth-order valence-electron chi connectivity index (χ4n) is 1.03. The molecule has 0 heterocycles. The first-order valence-corrected chi connectivity index (χ1v) is 4.53. The average molecular weight is 208 g/mol. The summed E-state index contributed by atoms with van der Waals surface area (Å²) in [7, 11) is 1.83. The minimum absolute atomic E-state index is 0.469. The zero-order valence-corrected chi connectivity index (χ0v) is 9.03. The predicted molar refractivity (Wildman–Crippen MR) is 58.3 cm³/mol. The minimum atomic E-state index is -0.756. The van der Waals surface area contributed by atoms with E-state index in [9.17, 15) is 4.79 Å². The van der Waals surface area contributed by atoms with E-state index in [1.807, 2.05) is 24.9 Å². The van der Waals surface area contributed by atoms with E-state index in [1.165, 1.54) is 6.20 Å². The lowest BCUT2D eigenvalue weighted by molar-refractivity contribution is -0.109. The lowest BCUT2D eigenvalue weighted by atomic mass is 10.1. The standard InChI is InChI=1S/C10H16N4O/c1-4-14(3)8(2)9(5-11)10(6-12)13-7-15/h5,7,10H,2,4,11H2,1,3H3,(H,13,15)/b9-5+. The third-order valence-electron chi connectivity index (χ3n) is 2.12. The van der Waals surface area contributed by atoms with Gasteiger partial charge in [0.15, 0.2) is 0 Å². The molecular weight excluding hydrogens is 192 g/mol. The number of amides is 1. The van der Waals surface area contributed by atoms with Crippen molar-refractivity contribution >= 4 is 6.41 Å². The number of carbonyl (C=O) groups is 1. The van der Waals surface area contributed by atoms with Gasteiger partial charge in [0.05, 0.1) is 6.07 Å². The number of hydrogen-bond acceptors (Lipinski definition) is 4. The van der Waals surface area contributed by atoms with Gasteiger partial charge in [0, 0.05) is 31.1 Å². The molecule has 1 amide bonds. The van der Waals surface area contributed by atoms with Crippen LogP contribution in [0, 0.1) is 11.3 Å². The van der Waals surface area contributed by atoms with E-state index >= 15 is 0 Å². The molecule has 0 rings (SSSR count). The van der Waals surface area contributed by atoms with E-state index < -0.39 is 6.04 Å². The third-order valence-corrected chi connectivity index (χ3v) is 2.12. The number of nitrogens with one attached hydrogen (secondary N) is 1. The lowest BCUT2D eigenvalue weighted by Crippen LogP contribution is -2.32. The highest BCUT2D eigenvalue weighted by Crippen LogP contribution is 2.14. The molecular formula is C10H16N4O.